The van der Waals surface area contributed by atoms with Gasteiger partial charge in [0.2, 0.25) is 0 Å². The van der Waals surface area contributed by atoms with Gasteiger partial charge in [-0.1, -0.05) is 5.21 Å². The molecule has 11 nitrogen and oxygen atoms in total. The molecule has 2 aliphatic heterocycles. The van der Waals surface area contributed by atoms with E-state index in [1.165, 1.54) is 6.07 Å². The molecule has 6 rings (SSSR count). The van der Waals surface area contributed by atoms with E-state index in [-0.39, 0.29) is 41.8 Å². The maximum Gasteiger partial charge on any atom is 0.369 e. The smallest absolute Gasteiger partial charge is 0.369 e. The van der Waals surface area contributed by atoms with Crippen molar-refractivity contribution >= 4 is 17.5 Å². The molecule has 198 valence electrons. The number of nitrogens with zero attached hydrogens (tertiary/aromatic N) is 7. The van der Waals surface area contributed by atoms with Gasteiger partial charge in [0.05, 0.1) is 29.2 Å². The molecule has 38 heavy (non-hydrogen) atoms. The number of ether oxygens (including phenoxy) is 1. The second-order valence-corrected chi connectivity index (χ2v) is 9.92. The summed E-state index contributed by atoms with van der Waals surface area (Å²) in [5.41, 5.74) is 1.91. The number of anilines is 1. The molecule has 3 aromatic rings. The van der Waals surface area contributed by atoms with Crippen LogP contribution in [0.1, 0.15) is 53.1 Å². The van der Waals surface area contributed by atoms with Crippen LogP contribution in [0.15, 0.2) is 29.4 Å². The minimum Gasteiger partial charge on any atom is -0.477 e. The first-order valence-corrected chi connectivity index (χ1v) is 12.3. The maximum atomic E-state index is 15.0. The van der Waals surface area contributed by atoms with Crippen molar-refractivity contribution in [1.29, 1.82) is 0 Å². The zero-order valence-corrected chi connectivity index (χ0v) is 21.0. The van der Waals surface area contributed by atoms with Gasteiger partial charge < -0.3 is 15.2 Å². The van der Waals surface area contributed by atoms with E-state index in [9.17, 15) is 14.3 Å². The minimum atomic E-state index is -2.06. The lowest BCUT2D eigenvalue weighted by Crippen LogP contribution is -2.60. The van der Waals surface area contributed by atoms with E-state index >= 15 is 4.39 Å². The maximum absolute atomic E-state index is 15.0. The van der Waals surface area contributed by atoms with Crippen molar-refractivity contribution in [2.24, 2.45) is 4.99 Å². The number of hydrogen-bond donors (Lipinski definition) is 2. The molecule has 1 aromatic carbocycles. The SMILES string of the molecule is COC1CN(C2(C(=O)O)N=C(c3ccc(F)cc3F)c3nc(C)c(C)nc3N2)CC1c1cn(C2CC2)nn1. The van der Waals surface area contributed by atoms with Gasteiger partial charge in [-0.05, 0) is 38.8 Å². The molecule has 13 heteroatoms. The second-order valence-electron chi connectivity index (χ2n) is 9.92. The molecule has 1 saturated heterocycles. The zero-order valence-electron chi connectivity index (χ0n) is 21.0. The first-order chi connectivity index (χ1) is 18.2. The van der Waals surface area contributed by atoms with E-state index in [0.717, 1.165) is 25.0 Å². The monoisotopic (exact) mass is 524 g/mol. The Hall–Kier alpha value is -3.84. The van der Waals surface area contributed by atoms with Gasteiger partial charge in [-0.3, -0.25) is 0 Å². The molecule has 0 bridgehead atoms. The summed E-state index contributed by atoms with van der Waals surface area (Å²) < 4.78 is 36.3. The van der Waals surface area contributed by atoms with Crippen LogP contribution in [0, 0.1) is 25.5 Å². The molecule has 2 aromatic heterocycles. The lowest BCUT2D eigenvalue weighted by atomic mass is 10.0. The minimum absolute atomic E-state index is 0.0358. The summed E-state index contributed by atoms with van der Waals surface area (Å²) in [5.74, 6) is -5.17. The van der Waals surface area contributed by atoms with Gasteiger partial charge in [-0.15, -0.1) is 5.10 Å². The first-order valence-electron chi connectivity index (χ1n) is 12.3. The summed E-state index contributed by atoms with van der Waals surface area (Å²) in [6.07, 6.45) is 3.59. The fourth-order valence-corrected chi connectivity index (χ4v) is 5.06. The number of hydrogen-bond acceptors (Lipinski definition) is 9. The number of carboxylic acids is 1. The second kappa shape index (κ2) is 8.88. The quantitative estimate of drug-likeness (QED) is 0.499. The van der Waals surface area contributed by atoms with Gasteiger partial charge in [-0.2, -0.15) is 0 Å². The van der Waals surface area contributed by atoms with Crippen LogP contribution in [-0.4, -0.2) is 78.7 Å². The highest BCUT2D eigenvalue weighted by Crippen LogP contribution is 2.39. The van der Waals surface area contributed by atoms with Crippen LogP contribution in [-0.2, 0) is 9.53 Å². The van der Waals surface area contributed by atoms with E-state index in [2.05, 4.69) is 30.6 Å². The Labute approximate surface area is 216 Å². The molecule has 3 atom stereocenters. The number of aromatic nitrogens is 5. The van der Waals surface area contributed by atoms with E-state index < -0.39 is 29.5 Å². The summed E-state index contributed by atoms with van der Waals surface area (Å²) in [6, 6.07) is 3.39. The molecule has 2 N–H and O–H groups in total. The molecule has 1 saturated carbocycles. The van der Waals surface area contributed by atoms with Crippen LogP contribution in [0.5, 0.6) is 0 Å². The Kier molecular flexibility index (Phi) is 5.72. The topological polar surface area (TPSA) is 131 Å². The van der Waals surface area contributed by atoms with Gasteiger partial charge in [0.15, 0.2) is 5.82 Å². The number of aliphatic carboxylic acids is 1. The number of fused-ring (bicyclic) bond motifs is 1. The van der Waals surface area contributed by atoms with Crippen LogP contribution in [0.4, 0.5) is 14.6 Å². The lowest BCUT2D eigenvalue weighted by Gasteiger charge is -2.39. The van der Waals surface area contributed by atoms with Crippen LogP contribution >= 0.6 is 0 Å². The first kappa shape index (κ1) is 24.5. The molecule has 4 heterocycles. The van der Waals surface area contributed by atoms with E-state index in [4.69, 9.17) is 4.74 Å². The average molecular weight is 525 g/mol. The molecule has 1 aliphatic carbocycles. The molecule has 0 radical (unpaired) electrons. The molecule has 3 aliphatic rings. The Morgan fingerprint density at radius 1 is 1.18 bits per heavy atom. The summed E-state index contributed by atoms with van der Waals surface area (Å²) in [7, 11) is 1.56. The third-order valence-corrected chi connectivity index (χ3v) is 7.44. The molecular weight excluding hydrogens is 498 g/mol. The summed E-state index contributed by atoms with van der Waals surface area (Å²) in [4.78, 5) is 28.3. The molecule has 3 unspecified atom stereocenters. The molecule has 2 fully saturated rings. The standard InChI is InChI=1S/C25H26F2N8O3/c1-12-13(2)29-23-22(28-12)21(16-7-4-14(26)8-18(16)27)30-25(31-23,24(36)37)34-9-17(20(11-34)38-3)19-10-35(33-32-19)15-5-6-15/h4,7-8,10,15,17,20H,5-6,9,11H2,1-3H3,(H,29,31)(H,36,37). The third-order valence-electron chi connectivity index (χ3n) is 7.44. The number of likely N-dealkylation sites (tertiary alicyclic amines) is 1. The van der Waals surface area contributed by atoms with E-state index in [1.54, 1.807) is 25.9 Å². The normalized spacial score (nSPS) is 25.1. The molecule has 0 amide bonds. The van der Waals surface area contributed by atoms with Crippen LogP contribution in [0.25, 0.3) is 0 Å². The van der Waals surface area contributed by atoms with Gasteiger partial charge in [0.25, 0.3) is 5.79 Å². The zero-order chi connectivity index (χ0) is 26.8. The van der Waals surface area contributed by atoms with Crippen LogP contribution in [0.3, 0.4) is 0 Å². The Balaban J connectivity index is 1.46. The lowest BCUT2D eigenvalue weighted by molar-refractivity contribution is -0.148. The number of benzene rings is 1. The number of nitrogens with one attached hydrogen (secondary N) is 1. The third kappa shape index (κ3) is 3.93. The summed E-state index contributed by atoms with van der Waals surface area (Å²) in [5, 5.41) is 22.1. The van der Waals surface area contributed by atoms with Crippen molar-refractivity contribution in [3.05, 3.63) is 64.4 Å². The number of aliphatic imine (C=N–C) groups is 1. The number of rotatable bonds is 6. The number of carboxylic acid groups (broad SMARTS) is 1. The summed E-state index contributed by atoms with van der Waals surface area (Å²) in [6.45, 7) is 3.89. The predicted octanol–water partition coefficient (Wildman–Crippen LogP) is 2.41. The van der Waals surface area contributed by atoms with Crippen LogP contribution in [0.2, 0.25) is 0 Å². The van der Waals surface area contributed by atoms with Gasteiger partial charge in [-0.25, -0.2) is 38.1 Å². The van der Waals surface area contributed by atoms with Gasteiger partial charge in [0.1, 0.15) is 23.0 Å². The van der Waals surface area contributed by atoms with Crippen molar-refractivity contribution in [2.45, 2.75) is 50.5 Å². The highest BCUT2D eigenvalue weighted by Gasteiger charge is 2.54. The van der Waals surface area contributed by atoms with Gasteiger partial charge >= 0.3 is 5.97 Å². The Morgan fingerprint density at radius 3 is 2.63 bits per heavy atom. The highest BCUT2D eigenvalue weighted by molar-refractivity contribution is 6.16. The van der Waals surface area contributed by atoms with E-state index in [0.29, 0.717) is 23.1 Å². The number of halogens is 2. The van der Waals surface area contributed by atoms with Gasteiger partial charge in [0, 0.05) is 43.9 Å². The Bertz CT molecular complexity index is 1470. The number of methoxy groups -OCH3 is 1. The fraction of sp³-hybridized carbons (Fsp3) is 0.440. The van der Waals surface area contributed by atoms with Crippen molar-refractivity contribution < 1.29 is 23.4 Å². The number of carbonyl (C=O) groups is 1. The van der Waals surface area contributed by atoms with Crippen molar-refractivity contribution in [1.82, 2.24) is 29.9 Å². The van der Waals surface area contributed by atoms with E-state index in [1.807, 2.05) is 10.9 Å². The number of aryl methyl sites for hydroxylation is 2. The molecular formula is C25H26F2N8O3. The average Bonchev–Trinajstić information content (AvgIpc) is 3.44. The molecule has 0 spiro atoms. The predicted molar refractivity (Wildman–Crippen MR) is 131 cm³/mol. The summed E-state index contributed by atoms with van der Waals surface area (Å²) >= 11 is 0. The van der Waals surface area contributed by atoms with Crippen molar-refractivity contribution in [3.63, 3.8) is 0 Å². The fourth-order valence-electron chi connectivity index (χ4n) is 5.06. The van der Waals surface area contributed by atoms with Crippen molar-refractivity contribution in [3.8, 4) is 0 Å². The Morgan fingerprint density at radius 2 is 1.95 bits per heavy atom. The van der Waals surface area contributed by atoms with Crippen LogP contribution < -0.4 is 5.32 Å². The largest absolute Gasteiger partial charge is 0.477 e. The highest BCUT2D eigenvalue weighted by atomic mass is 19.1. The van der Waals surface area contributed by atoms with Crippen molar-refractivity contribution in [2.75, 3.05) is 25.5 Å².